The van der Waals surface area contributed by atoms with E-state index in [2.05, 4.69) is 20.0 Å². The standard InChI is InChI=1S/C25H21F3N4O/c1-16-2-4-17(5-3-16)23-12-21(31-33-23)15-32-11-10-22-19(14-32)13-29-24(30-22)18-6-8-20(9-7-18)25(26,27)28/h2-9,12-13H,10-11,14-15H2,1H3. The fourth-order valence-electron chi connectivity index (χ4n) is 3.93. The Morgan fingerprint density at radius 3 is 2.45 bits per heavy atom. The van der Waals surface area contributed by atoms with Gasteiger partial charge in [-0.3, -0.25) is 4.90 Å². The molecular formula is C25H21F3N4O. The highest BCUT2D eigenvalue weighted by Gasteiger charge is 2.30. The zero-order valence-electron chi connectivity index (χ0n) is 17.9. The van der Waals surface area contributed by atoms with E-state index in [0.717, 1.165) is 53.4 Å². The van der Waals surface area contributed by atoms with Gasteiger partial charge in [-0.15, -0.1) is 0 Å². The molecule has 0 saturated carbocycles. The van der Waals surface area contributed by atoms with Crippen LogP contribution in [-0.4, -0.2) is 26.6 Å². The van der Waals surface area contributed by atoms with Gasteiger partial charge in [0.25, 0.3) is 0 Å². The average Bonchev–Trinajstić information content (AvgIpc) is 3.27. The quantitative estimate of drug-likeness (QED) is 0.400. The minimum absolute atomic E-state index is 0.440. The number of hydrogen-bond donors (Lipinski definition) is 0. The van der Waals surface area contributed by atoms with Gasteiger partial charge in [-0.05, 0) is 19.1 Å². The number of fused-ring (bicyclic) bond motifs is 1. The minimum Gasteiger partial charge on any atom is -0.356 e. The summed E-state index contributed by atoms with van der Waals surface area (Å²) in [5.41, 5.74) is 4.87. The van der Waals surface area contributed by atoms with Gasteiger partial charge in [0.05, 0.1) is 17.0 Å². The Bertz CT molecular complexity index is 1260. The molecule has 1 aliphatic heterocycles. The molecule has 5 nitrogen and oxygen atoms in total. The van der Waals surface area contributed by atoms with Crippen LogP contribution in [0.15, 0.2) is 65.3 Å². The van der Waals surface area contributed by atoms with E-state index >= 15 is 0 Å². The summed E-state index contributed by atoms with van der Waals surface area (Å²) in [5.74, 6) is 1.18. The van der Waals surface area contributed by atoms with E-state index in [1.807, 2.05) is 37.3 Å². The van der Waals surface area contributed by atoms with Crippen molar-refractivity contribution in [3.05, 3.63) is 88.9 Å². The van der Waals surface area contributed by atoms with Crippen LogP contribution < -0.4 is 0 Å². The summed E-state index contributed by atoms with van der Waals surface area (Å²) in [4.78, 5) is 11.3. The largest absolute Gasteiger partial charge is 0.416 e. The molecule has 0 bridgehead atoms. The molecule has 2 aromatic carbocycles. The Labute approximate surface area is 188 Å². The molecule has 3 heterocycles. The molecule has 2 aromatic heterocycles. The first-order valence-electron chi connectivity index (χ1n) is 10.6. The van der Waals surface area contributed by atoms with Crippen molar-refractivity contribution in [1.82, 2.24) is 20.0 Å². The number of hydrogen-bond acceptors (Lipinski definition) is 5. The number of aryl methyl sites for hydroxylation is 1. The number of aromatic nitrogens is 3. The van der Waals surface area contributed by atoms with Crippen molar-refractivity contribution in [2.24, 2.45) is 0 Å². The highest BCUT2D eigenvalue weighted by Crippen LogP contribution is 2.31. The predicted octanol–water partition coefficient (Wildman–Crippen LogP) is 5.68. The highest BCUT2D eigenvalue weighted by molar-refractivity contribution is 5.58. The third kappa shape index (κ3) is 4.66. The van der Waals surface area contributed by atoms with Crippen LogP contribution >= 0.6 is 0 Å². The van der Waals surface area contributed by atoms with Crippen molar-refractivity contribution < 1.29 is 17.7 Å². The number of alkyl halides is 3. The van der Waals surface area contributed by atoms with E-state index in [1.54, 1.807) is 6.20 Å². The van der Waals surface area contributed by atoms with Gasteiger partial charge >= 0.3 is 6.18 Å². The van der Waals surface area contributed by atoms with Crippen LogP contribution in [0.5, 0.6) is 0 Å². The van der Waals surface area contributed by atoms with Gasteiger partial charge in [0.2, 0.25) is 0 Å². The van der Waals surface area contributed by atoms with E-state index in [4.69, 9.17) is 4.52 Å². The molecule has 0 spiro atoms. The highest BCUT2D eigenvalue weighted by atomic mass is 19.4. The molecule has 8 heteroatoms. The van der Waals surface area contributed by atoms with E-state index in [-0.39, 0.29) is 0 Å². The first-order chi connectivity index (χ1) is 15.8. The van der Waals surface area contributed by atoms with E-state index in [9.17, 15) is 13.2 Å². The molecule has 33 heavy (non-hydrogen) atoms. The van der Waals surface area contributed by atoms with Crippen molar-refractivity contribution in [3.63, 3.8) is 0 Å². The lowest BCUT2D eigenvalue weighted by molar-refractivity contribution is -0.137. The first kappa shape index (κ1) is 21.3. The summed E-state index contributed by atoms with van der Waals surface area (Å²) in [5, 5.41) is 4.22. The average molecular weight is 450 g/mol. The molecular weight excluding hydrogens is 429 g/mol. The molecule has 0 unspecified atom stereocenters. The number of rotatable bonds is 4. The molecule has 168 valence electrons. The molecule has 5 rings (SSSR count). The van der Waals surface area contributed by atoms with Crippen LogP contribution in [0.1, 0.15) is 28.1 Å². The lowest BCUT2D eigenvalue weighted by atomic mass is 10.1. The maximum Gasteiger partial charge on any atom is 0.416 e. The van der Waals surface area contributed by atoms with Crippen molar-refractivity contribution >= 4 is 0 Å². The molecule has 1 aliphatic rings. The molecule has 0 atom stereocenters. The van der Waals surface area contributed by atoms with E-state index in [1.165, 1.54) is 17.7 Å². The molecule has 0 radical (unpaired) electrons. The SMILES string of the molecule is Cc1ccc(-c2cc(CN3CCc4nc(-c5ccc(C(F)(F)F)cc5)ncc4C3)no2)cc1. The summed E-state index contributed by atoms with van der Waals surface area (Å²) in [7, 11) is 0. The van der Waals surface area contributed by atoms with Crippen LogP contribution in [0.3, 0.4) is 0 Å². The summed E-state index contributed by atoms with van der Waals surface area (Å²) < 4.78 is 43.9. The van der Waals surface area contributed by atoms with Gasteiger partial charge in [-0.25, -0.2) is 9.97 Å². The monoisotopic (exact) mass is 450 g/mol. The molecule has 4 aromatic rings. The fraction of sp³-hybridized carbons (Fsp3) is 0.240. The number of nitrogens with zero attached hydrogens (tertiary/aromatic N) is 4. The van der Waals surface area contributed by atoms with Crippen molar-refractivity contribution in [2.45, 2.75) is 32.6 Å². The summed E-state index contributed by atoms with van der Waals surface area (Å²) in [6, 6.07) is 15.0. The lowest BCUT2D eigenvalue weighted by Crippen LogP contribution is -2.31. The third-order valence-electron chi connectivity index (χ3n) is 5.76. The second-order valence-corrected chi connectivity index (χ2v) is 8.25. The van der Waals surface area contributed by atoms with Gasteiger partial charge in [0, 0.05) is 55.0 Å². The normalized spacial score (nSPS) is 14.3. The maximum absolute atomic E-state index is 12.8. The first-order valence-corrected chi connectivity index (χ1v) is 10.6. The van der Waals surface area contributed by atoms with Gasteiger partial charge in [-0.2, -0.15) is 13.2 Å². The van der Waals surface area contributed by atoms with Gasteiger partial charge in [-0.1, -0.05) is 47.1 Å². The zero-order valence-corrected chi connectivity index (χ0v) is 17.9. The third-order valence-corrected chi connectivity index (χ3v) is 5.76. The van der Waals surface area contributed by atoms with Crippen LogP contribution in [0.2, 0.25) is 0 Å². The Balaban J connectivity index is 1.27. The van der Waals surface area contributed by atoms with Crippen LogP contribution in [0, 0.1) is 6.92 Å². The van der Waals surface area contributed by atoms with Crippen LogP contribution in [-0.2, 0) is 25.7 Å². The van der Waals surface area contributed by atoms with Crippen molar-refractivity contribution in [3.8, 4) is 22.7 Å². The van der Waals surface area contributed by atoms with Gasteiger partial charge in [0.1, 0.15) is 0 Å². The number of halogens is 3. The van der Waals surface area contributed by atoms with Gasteiger partial charge in [0.15, 0.2) is 11.6 Å². The van der Waals surface area contributed by atoms with E-state index < -0.39 is 11.7 Å². The molecule has 0 amide bonds. The smallest absolute Gasteiger partial charge is 0.356 e. The summed E-state index contributed by atoms with van der Waals surface area (Å²) in [6.45, 7) is 4.16. The lowest BCUT2D eigenvalue weighted by Gasteiger charge is -2.27. The Kier molecular flexibility index (Phi) is 5.46. The summed E-state index contributed by atoms with van der Waals surface area (Å²) in [6.07, 6.45) is -1.86. The summed E-state index contributed by atoms with van der Waals surface area (Å²) >= 11 is 0. The molecule has 0 aliphatic carbocycles. The van der Waals surface area contributed by atoms with Crippen LogP contribution in [0.4, 0.5) is 13.2 Å². The molecule has 0 fully saturated rings. The van der Waals surface area contributed by atoms with Crippen molar-refractivity contribution in [2.75, 3.05) is 6.54 Å². The number of benzene rings is 2. The predicted molar refractivity (Wildman–Crippen MR) is 117 cm³/mol. The Morgan fingerprint density at radius 1 is 1.00 bits per heavy atom. The zero-order chi connectivity index (χ0) is 23.0. The second-order valence-electron chi connectivity index (χ2n) is 8.25. The molecule has 0 N–H and O–H groups in total. The topological polar surface area (TPSA) is 55.1 Å². The molecule has 0 saturated heterocycles. The Morgan fingerprint density at radius 2 is 1.73 bits per heavy atom. The maximum atomic E-state index is 12.8. The fourth-order valence-corrected chi connectivity index (χ4v) is 3.93. The van der Waals surface area contributed by atoms with Crippen molar-refractivity contribution in [1.29, 1.82) is 0 Å². The van der Waals surface area contributed by atoms with Crippen LogP contribution in [0.25, 0.3) is 22.7 Å². The van der Waals surface area contributed by atoms with E-state index in [0.29, 0.717) is 24.5 Å². The Hall–Kier alpha value is -3.52. The van der Waals surface area contributed by atoms with Gasteiger partial charge < -0.3 is 4.52 Å². The second kappa shape index (κ2) is 8.44. The minimum atomic E-state index is -4.36.